The summed E-state index contributed by atoms with van der Waals surface area (Å²) in [6, 6.07) is 16.5. The number of ether oxygens (including phenoxy) is 2. The van der Waals surface area contributed by atoms with E-state index in [-0.39, 0.29) is 6.04 Å². The van der Waals surface area contributed by atoms with Crippen molar-refractivity contribution < 1.29 is 9.47 Å². The molecule has 0 bridgehead atoms. The number of benzene rings is 2. The Morgan fingerprint density at radius 1 is 1.00 bits per heavy atom. The van der Waals surface area contributed by atoms with E-state index in [4.69, 9.17) is 26.7 Å². The van der Waals surface area contributed by atoms with Crippen LogP contribution in [0.25, 0.3) is 6.08 Å². The molecular formula is C23H24N2O2S. The summed E-state index contributed by atoms with van der Waals surface area (Å²) in [5.74, 6) is 2.04. The maximum Gasteiger partial charge on any atom is 0.193 e. The van der Waals surface area contributed by atoms with Gasteiger partial charge in [0.15, 0.2) is 5.11 Å². The van der Waals surface area contributed by atoms with Gasteiger partial charge in [-0.2, -0.15) is 0 Å². The maximum atomic E-state index is 5.48. The third-order valence-electron chi connectivity index (χ3n) is 5.48. The van der Waals surface area contributed by atoms with E-state index in [1.54, 1.807) is 14.2 Å². The Balaban J connectivity index is 1.65. The second kappa shape index (κ2) is 8.15. The lowest BCUT2D eigenvalue weighted by atomic mass is 9.76. The van der Waals surface area contributed by atoms with Crippen molar-refractivity contribution in [1.29, 1.82) is 0 Å². The van der Waals surface area contributed by atoms with E-state index in [9.17, 15) is 0 Å². The summed E-state index contributed by atoms with van der Waals surface area (Å²) in [7, 11) is 3.37. The van der Waals surface area contributed by atoms with Crippen LogP contribution in [0.1, 0.15) is 36.4 Å². The van der Waals surface area contributed by atoms with Gasteiger partial charge in [-0.1, -0.05) is 24.3 Å². The van der Waals surface area contributed by atoms with Crippen molar-refractivity contribution in [1.82, 2.24) is 5.32 Å². The van der Waals surface area contributed by atoms with Gasteiger partial charge in [-0.25, -0.2) is 4.99 Å². The van der Waals surface area contributed by atoms with Crippen molar-refractivity contribution in [2.24, 2.45) is 10.9 Å². The van der Waals surface area contributed by atoms with Crippen LogP contribution < -0.4 is 14.8 Å². The van der Waals surface area contributed by atoms with Gasteiger partial charge in [0.1, 0.15) is 11.5 Å². The van der Waals surface area contributed by atoms with Gasteiger partial charge in [0, 0.05) is 5.92 Å². The van der Waals surface area contributed by atoms with E-state index in [1.807, 2.05) is 24.3 Å². The zero-order chi connectivity index (χ0) is 19.5. The van der Waals surface area contributed by atoms with E-state index in [1.165, 1.54) is 11.1 Å². The van der Waals surface area contributed by atoms with E-state index in [2.05, 4.69) is 35.7 Å². The monoisotopic (exact) mass is 392 g/mol. The zero-order valence-electron chi connectivity index (χ0n) is 16.1. The highest BCUT2D eigenvalue weighted by Crippen LogP contribution is 2.38. The number of aliphatic imine (C=N–C) groups is 1. The van der Waals surface area contributed by atoms with Gasteiger partial charge in [-0.05, 0) is 78.5 Å². The molecule has 0 spiro atoms. The first-order valence-electron chi connectivity index (χ1n) is 9.56. The predicted octanol–water partition coefficient (Wildman–Crippen LogP) is 4.96. The van der Waals surface area contributed by atoms with Crippen LogP contribution in [-0.2, 0) is 0 Å². The third-order valence-corrected chi connectivity index (χ3v) is 5.69. The number of hydrogen-bond donors (Lipinski definition) is 1. The largest absolute Gasteiger partial charge is 0.497 e. The summed E-state index contributed by atoms with van der Waals surface area (Å²) >= 11 is 5.48. The van der Waals surface area contributed by atoms with E-state index >= 15 is 0 Å². The minimum atomic E-state index is 0.144. The molecule has 1 aliphatic carbocycles. The summed E-state index contributed by atoms with van der Waals surface area (Å²) in [6.45, 7) is 0. The van der Waals surface area contributed by atoms with Gasteiger partial charge >= 0.3 is 0 Å². The average Bonchev–Trinajstić information content (AvgIpc) is 2.74. The molecule has 2 aliphatic rings. The van der Waals surface area contributed by atoms with Crippen molar-refractivity contribution in [3.63, 3.8) is 0 Å². The zero-order valence-corrected chi connectivity index (χ0v) is 17.0. The number of hydrogen-bond acceptors (Lipinski definition) is 3. The number of rotatable bonds is 4. The van der Waals surface area contributed by atoms with Gasteiger partial charge in [0.25, 0.3) is 0 Å². The normalized spacial score (nSPS) is 22.9. The summed E-state index contributed by atoms with van der Waals surface area (Å²) in [6.07, 6.45) is 5.51. The SMILES string of the molecule is COc1ccc(/C=C2/CCCC3C2=NC(=S)NC3c2ccc(OC)cc2)cc1. The van der Waals surface area contributed by atoms with Crippen LogP contribution in [0.15, 0.2) is 59.1 Å². The number of thiocarbonyl (C=S) groups is 1. The van der Waals surface area contributed by atoms with Crippen LogP contribution in [0.5, 0.6) is 11.5 Å². The van der Waals surface area contributed by atoms with Gasteiger partial charge in [-0.15, -0.1) is 0 Å². The van der Waals surface area contributed by atoms with E-state index in [0.717, 1.165) is 42.0 Å². The molecule has 2 aromatic rings. The highest BCUT2D eigenvalue weighted by Gasteiger charge is 2.36. The number of fused-ring (bicyclic) bond motifs is 1. The molecule has 1 fully saturated rings. The Labute approximate surface area is 171 Å². The Morgan fingerprint density at radius 3 is 2.29 bits per heavy atom. The fourth-order valence-electron chi connectivity index (χ4n) is 4.04. The first-order valence-corrected chi connectivity index (χ1v) is 9.97. The molecule has 28 heavy (non-hydrogen) atoms. The van der Waals surface area contributed by atoms with Gasteiger partial charge in [-0.3, -0.25) is 0 Å². The molecule has 1 N–H and O–H groups in total. The van der Waals surface area contributed by atoms with Crippen molar-refractivity contribution in [2.45, 2.75) is 25.3 Å². The lowest BCUT2D eigenvalue weighted by Gasteiger charge is -2.37. The minimum Gasteiger partial charge on any atom is -0.497 e. The van der Waals surface area contributed by atoms with Crippen LogP contribution in [-0.4, -0.2) is 25.0 Å². The van der Waals surface area contributed by atoms with E-state index in [0.29, 0.717) is 11.0 Å². The number of nitrogens with one attached hydrogen (secondary N) is 1. The topological polar surface area (TPSA) is 42.8 Å². The molecule has 144 valence electrons. The Hall–Kier alpha value is -2.66. The van der Waals surface area contributed by atoms with Crippen molar-refractivity contribution in [3.05, 3.63) is 65.2 Å². The predicted molar refractivity (Wildman–Crippen MR) is 117 cm³/mol. The summed E-state index contributed by atoms with van der Waals surface area (Å²) in [4.78, 5) is 4.74. The standard InChI is InChI=1S/C23H24N2O2S/c1-26-18-10-6-15(7-11-18)14-17-4-3-5-20-21(24-23(28)25-22(17)20)16-8-12-19(27-2)13-9-16/h6-14,20-21H,3-5H2,1-2H3,(H,24,28)/b17-14-. The molecule has 2 unspecified atom stereocenters. The van der Waals surface area contributed by atoms with Crippen molar-refractivity contribution in [2.75, 3.05) is 14.2 Å². The Bertz CT molecular complexity index is 917. The quantitative estimate of drug-likeness (QED) is 0.747. The highest BCUT2D eigenvalue weighted by atomic mass is 32.1. The van der Waals surface area contributed by atoms with Gasteiger partial charge in [0.05, 0.1) is 26.0 Å². The second-order valence-electron chi connectivity index (χ2n) is 7.14. The van der Waals surface area contributed by atoms with Crippen LogP contribution in [0.3, 0.4) is 0 Å². The first kappa shape index (κ1) is 18.7. The minimum absolute atomic E-state index is 0.144. The highest BCUT2D eigenvalue weighted by molar-refractivity contribution is 7.80. The molecular weight excluding hydrogens is 368 g/mol. The summed E-state index contributed by atoms with van der Waals surface area (Å²) < 4.78 is 10.6. The first-order chi connectivity index (χ1) is 13.7. The molecule has 1 heterocycles. The molecule has 0 amide bonds. The number of allylic oxidation sites excluding steroid dienone is 1. The lowest BCUT2D eigenvalue weighted by Crippen LogP contribution is -2.42. The smallest absolute Gasteiger partial charge is 0.193 e. The maximum absolute atomic E-state index is 5.48. The average molecular weight is 393 g/mol. The lowest BCUT2D eigenvalue weighted by molar-refractivity contribution is 0.412. The summed E-state index contributed by atoms with van der Waals surface area (Å²) in [5.41, 5.74) is 4.78. The molecule has 0 aromatic heterocycles. The molecule has 2 aromatic carbocycles. The van der Waals surface area contributed by atoms with Crippen LogP contribution in [0.4, 0.5) is 0 Å². The fourth-order valence-corrected chi connectivity index (χ4v) is 4.27. The van der Waals surface area contributed by atoms with Gasteiger partial charge < -0.3 is 14.8 Å². The van der Waals surface area contributed by atoms with Crippen molar-refractivity contribution >= 4 is 29.1 Å². The van der Waals surface area contributed by atoms with Gasteiger partial charge in [0.2, 0.25) is 0 Å². The molecule has 0 saturated heterocycles. The molecule has 1 saturated carbocycles. The molecule has 2 atom stereocenters. The fraction of sp³-hybridized carbons (Fsp3) is 0.304. The summed E-state index contributed by atoms with van der Waals surface area (Å²) in [5, 5.41) is 3.99. The number of nitrogens with zero attached hydrogens (tertiary/aromatic N) is 1. The Morgan fingerprint density at radius 2 is 1.64 bits per heavy atom. The number of methoxy groups -OCH3 is 2. The second-order valence-corrected chi connectivity index (χ2v) is 7.53. The van der Waals surface area contributed by atoms with E-state index < -0.39 is 0 Å². The van der Waals surface area contributed by atoms with Crippen LogP contribution in [0.2, 0.25) is 0 Å². The molecule has 1 aliphatic heterocycles. The van der Waals surface area contributed by atoms with Crippen molar-refractivity contribution in [3.8, 4) is 11.5 Å². The van der Waals surface area contributed by atoms with Crippen LogP contribution in [0, 0.1) is 5.92 Å². The molecule has 4 nitrogen and oxygen atoms in total. The Kier molecular flexibility index (Phi) is 5.44. The molecule has 0 radical (unpaired) electrons. The molecule has 5 heteroatoms. The molecule has 4 rings (SSSR count). The van der Waals surface area contributed by atoms with Crippen LogP contribution >= 0.6 is 12.2 Å². The third kappa shape index (κ3) is 3.80.